The number of nitrogens with one attached hydrogen (secondary N) is 8. The minimum atomic E-state index is -1.41. The van der Waals surface area contributed by atoms with Gasteiger partial charge in [-0.3, -0.25) is 28.8 Å². The van der Waals surface area contributed by atoms with E-state index in [-0.39, 0.29) is 49.1 Å². The fourth-order valence-electron chi connectivity index (χ4n) is 5.09. The van der Waals surface area contributed by atoms with Crippen LogP contribution in [0.2, 0.25) is 0 Å². The van der Waals surface area contributed by atoms with Crippen molar-refractivity contribution in [3.63, 3.8) is 0 Å². The zero-order valence-corrected chi connectivity index (χ0v) is 32.8. The van der Waals surface area contributed by atoms with Crippen LogP contribution in [0, 0.1) is 0 Å². The van der Waals surface area contributed by atoms with E-state index in [1.807, 2.05) is 0 Å². The van der Waals surface area contributed by atoms with Gasteiger partial charge in [-0.05, 0) is 35.4 Å². The molecule has 4 aromatic rings. The second-order valence-corrected chi connectivity index (χ2v) is 12.8. The molecule has 0 aliphatic carbocycles. The van der Waals surface area contributed by atoms with Crippen LogP contribution in [0.5, 0.6) is 0 Å². The first-order valence-electron chi connectivity index (χ1n) is 18.4. The molecule has 326 valence electrons. The Labute approximate surface area is 352 Å². The number of H-pyrrole nitrogens is 2. The van der Waals surface area contributed by atoms with E-state index in [1.54, 1.807) is 60.7 Å². The van der Waals surface area contributed by atoms with Crippen LogP contribution in [0.15, 0.2) is 94.9 Å². The predicted molar refractivity (Wildman–Crippen MR) is 220 cm³/mol. The van der Waals surface area contributed by atoms with E-state index in [0.29, 0.717) is 11.1 Å². The number of hydrogen-bond donors (Lipinski definition) is 12. The highest BCUT2D eigenvalue weighted by atomic mass is 16.6. The summed E-state index contributed by atoms with van der Waals surface area (Å²) in [4.78, 5) is 114. The Morgan fingerprint density at radius 1 is 0.500 bits per heavy atom. The number of amides is 8. The van der Waals surface area contributed by atoms with Crippen molar-refractivity contribution in [2.24, 2.45) is 32.9 Å². The van der Waals surface area contributed by atoms with Crippen LogP contribution in [0.4, 0.5) is 9.59 Å². The average Bonchev–Trinajstić information content (AvgIpc) is 3.96. The molecule has 4 rings (SSSR count). The lowest BCUT2D eigenvalue weighted by atomic mass is 10.2. The molecule has 2 aromatic heterocycles. The van der Waals surface area contributed by atoms with Gasteiger partial charge in [0, 0.05) is 26.2 Å². The van der Waals surface area contributed by atoms with Crippen LogP contribution in [0.25, 0.3) is 0 Å². The summed E-state index contributed by atoms with van der Waals surface area (Å²) in [6.07, 6.45) is -1.99. The van der Waals surface area contributed by atoms with Gasteiger partial charge >= 0.3 is 12.2 Å². The van der Waals surface area contributed by atoms with E-state index in [2.05, 4.69) is 51.9 Å². The molecule has 24 heteroatoms. The summed E-state index contributed by atoms with van der Waals surface area (Å²) in [6.45, 7) is -1.64. The van der Waals surface area contributed by atoms with Crippen molar-refractivity contribution < 1.29 is 47.8 Å². The molecule has 8 amide bonds. The number of ether oxygens (including phenoxy) is 2. The molecule has 0 fully saturated rings. The van der Waals surface area contributed by atoms with Crippen molar-refractivity contribution in [1.29, 1.82) is 0 Å². The van der Waals surface area contributed by atoms with E-state index in [0.717, 1.165) is 0 Å². The molecular weight excluding hydrogens is 813 g/mol. The zero-order chi connectivity index (χ0) is 45.0. The number of aromatic nitrogens is 2. The van der Waals surface area contributed by atoms with E-state index < -0.39 is 84.7 Å². The van der Waals surface area contributed by atoms with Gasteiger partial charge in [-0.1, -0.05) is 60.7 Å². The molecule has 2 atom stereocenters. The third-order valence-electron chi connectivity index (χ3n) is 8.08. The minimum Gasteiger partial charge on any atom is -0.445 e. The van der Waals surface area contributed by atoms with E-state index in [1.165, 1.54) is 24.3 Å². The number of carbonyl (C=O) groups excluding carboxylic acids is 8. The summed E-state index contributed by atoms with van der Waals surface area (Å²) in [5, 5.41) is 14.8. The summed E-state index contributed by atoms with van der Waals surface area (Å²) in [5.41, 5.74) is 21.9. The van der Waals surface area contributed by atoms with Gasteiger partial charge in [0.05, 0.1) is 0 Å². The molecule has 62 heavy (non-hydrogen) atoms. The third-order valence-corrected chi connectivity index (χ3v) is 8.08. The summed E-state index contributed by atoms with van der Waals surface area (Å²) >= 11 is 0. The number of hydrogen-bond acceptors (Lipinski definition) is 10. The highest BCUT2D eigenvalue weighted by molar-refractivity contribution is 6.03. The Morgan fingerprint density at radius 2 is 0.855 bits per heavy atom. The van der Waals surface area contributed by atoms with E-state index in [4.69, 9.17) is 32.4 Å². The molecular formula is C38H44N14O10. The summed E-state index contributed by atoms with van der Waals surface area (Å²) in [5.74, 6) is -5.78. The number of carbonyl (C=O) groups is 8. The number of alkyl carbamates (subject to hydrolysis) is 2. The summed E-state index contributed by atoms with van der Waals surface area (Å²) < 4.78 is 10.5. The monoisotopic (exact) mass is 856 g/mol. The van der Waals surface area contributed by atoms with Crippen LogP contribution in [0.1, 0.15) is 53.1 Å². The van der Waals surface area contributed by atoms with Crippen LogP contribution in [-0.2, 0) is 32.3 Å². The van der Waals surface area contributed by atoms with Gasteiger partial charge in [-0.2, -0.15) is 9.98 Å². The number of rotatable bonds is 19. The molecule has 16 N–H and O–H groups in total. The number of aliphatic imine (C=N–C) groups is 2. The van der Waals surface area contributed by atoms with Gasteiger partial charge in [-0.15, -0.1) is 0 Å². The maximum Gasteiger partial charge on any atom is 0.408 e. The van der Waals surface area contributed by atoms with Gasteiger partial charge in [0.15, 0.2) is 11.9 Å². The number of guanidine groups is 2. The molecule has 0 unspecified atom stereocenters. The van der Waals surface area contributed by atoms with Gasteiger partial charge in [0.25, 0.3) is 23.6 Å². The minimum absolute atomic E-state index is 0.0911. The topological polar surface area (TPSA) is 388 Å². The highest BCUT2D eigenvalue weighted by Gasteiger charge is 2.25. The van der Waals surface area contributed by atoms with Gasteiger partial charge < -0.3 is 74.3 Å². The number of aromatic amines is 2. The zero-order valence-electron chi connectivity index (χ0n) is 32.8. The lowest BCUT2D eigenvalue weighted by Gasteiger charge is -2.20. The second-order valence-electron chi connectivity index (χ2n) is 12.8. The summed E-state index contributed by atoms with van der Waals surface area (Å²) in [6, 6.07) is 19.6. The lowest BCUT2D eigenvalue weighted by molar-refractivity contribution is -0.124. The van der Waals surface area contributed by atoms with Gasteiger partial charge in [0.1, 0.15) is 48.1 Å². The SMILES string of the molecule is NC(N)=NC(=O)c1ccc(C(=O)NC[C@H](NC(=O)OCc2ccccc2)C(=O)NCCNC(=O)[C@H](CNC(=O)c2ccc(C(=O)N=C(N)N)[nH]2)NC(=O)OCc2ccccc2)[nH]1. The molecule has 0 aliphatic heterocycles. The third kappa shape index (κ3) is 15.2. The van der Waals surface area contributed by atoms with Crippen molar-refractivity contribution in [3.8, 4) is 0 Å². The Hall–Kier alpha value is -8.70. The first-order valence-corrected chi connectivity index (χ1v) is 18.4. The van der Waals surface area contributed by atoms with Gasteiger partial charge in [0.2, 0.25) is 11.8 Å². The first-order chi connectivity index (χ1) is 29.7. The highest BCUT2D eigenvalue weighted by Crippen LogP contribution is 2.06. The fourth-order valence-corrected chi connectivity index (χ4v) is 5.09. The van der Waals surface area contributed by atoms with Gasteiger partial charge in [-0.25, -0.2) is 9.59 Å². The molecule has 0 saturated heterocycles. The average molecular weight is 857 g/mol. The lowest BCUT2D eigenvalue weighted by Crippen LogP contribution is -2.55. The quantitative estimate of drug-likeness (QED) is 0.0280. The van der Waals surface area contributed by atoms with Crippen LogP contribution >= 0.6 is 0 Å². The fraction of sp³-hybridized carbons (Fsp3) is 0.211. The molecule has 24 nitrogen and oxygen atoms in total. The first kappa shape index (κ1) is 46.0. The van der Waals surface area contributed by atoms with Crippen molar-refractivity contribution in [2.75, 3.05) is 26.2 Å². The molecule has 0 saturated carbocycles. The normalized spacial score (nSPS) is 11.3. The number of benzene rings is 2. The molecule has 0 aliphatic rings. The maximum absolute atomic E-state index is 13.3. The van der Waals surface area contributed by atoms with E-state index >= 15 is 0 Å². The summed E-state index contributed by atoms with van der Waals surface area (Å²) in [7, 11) is 0. The van der Waals surface area contributed by atoms with Crippen LogP contribution < -0.4 is 54.8 Å². The molecule has 0 radical (unpaired) electrons. The number of nitrogens with two attached hydrogens (primary N) is 4. The van der Waals surface area contributed by atoms with Crippen LogP contribution in [0.3, 0.4) is 0 Å². The van der Waals surface area contributed by atoms with Crippen molar-refractivity contribution in [2.45, 2.75) is 25.3 Å². The largest absolute Gasteiger partial charge is 0.445 e. The second kappa shape index (κ2) is 23.0. The molecule has 0 spiro atoms. The van der Waals surface area contributed by atoms with Crippen LogP contribution in [-0.4, -0.2) is 108 Å². The Kier molecular flexibility index (Phi) is 17.1. The van der Waals surface area contributed by atoms with Crippen molar-refractivity contribution in [1.82, 2.24) is 41.9 Å². The predicted octanol–water partition coefficient (Wildman–Crippen LogP) is -1.85. The standard InChI is InChI=1S/C38H44N14O10/c39-35(40)51-33(57)25-13-11-23(47-25)29(53)45-17-27(49-37(59)61-19-21-7-3-1-4-8-21)31(55)43-15-16-44-32(56)28(50-38(60)62-20-22-9-5-2-6-10-22)18-46-30(54)24-12-14-26(48-24)34(58)52-36(41)42/h1-14,27-28,47-48H,15-20H2,(H,43,55)(H,44,56)(H,45,53)(H,46,54)(H,49,59)(H,50,60)(H4,39,40,51,57)(H4,41,42,52,58)/t27-,28-/m0/s1. The molecule has 0 bridgehead atoms. The molecule has 2 aromatic carbocycles. The Morgan fingerprint density at radius 3 is 1.21 bits per heavy atom. The molecule has 2 heterocycles. The van der Waals surface area contributed by atoms with E-state index in [9.17, 15) is 38.4 Å². The maximum atomic E-state index is 13.3. The van der Waals surface area contributed by atoms with Crippen molar-refractivity contribution in [3.05, 3.63) is 119 Å². The van der Waals surface area contributed by atoms with Crippen molar-refractivity contribution >= 4 is 59.5 Å². The Balaban J connectivity index is 1.37. The number of nitrogens with zero attached hydrogens (tertiary/aromatic N) is 2. The Bertz CT molecular complexity index is 2120. The smallest absolute Gasteiger partial charge is 0.408 e.